The summed E-state index contributed by atoms with van der Waals surface area (Å²) in [6.07, 6.45) is 5.30. The Balaban J connectivity index is 1.32. The number of nitrogens with one attached hydrogen (secondary N) is 1. The van der Waals surface area contributed by atoms with E-state index in [2.05, 4.69) is 15.4 Å². The van der Waals surface area contributed by atoms with Crippen LogP contribution in [0.15, 0.2) is 79.3 Å². The van der Waals surface area contributed by atoms with Gasteiger partial charge in [-0.15, -0.1) is 0 Å². The molecule has 5 rings (SSSR count). The van der Waals surface area contributed by atoms with Gasteiger partial charge in [-0.1, -0.05) is 6.07 Å². The summed E-state index contributed by atoms with van der Waals surface area (Å²) in [5, 5.41) is 7.16. The van der Waals surface area contributed by atoms with E-state index in [0.717, 1.165) is 11.3 Å². The van der Waals surface area contributed by atoms with Gasteiger partial charge in [0.05, 0.1) is 35.9 Å². The number of imidazole rings is 1. The summed E-state index contributed by atoms with van der Waals surface area (Å²) in [6, 6.07) is 16.8. The van der Waals surface area contributed by atoms with Crippen LogP contribution in [0, 0.1) is 12.7 Å². The standard InChI is InChI=1S/C26H22FN5O3/c1-17-22(14-28-32(17)21-9-6-18(27)7-10-21)26(33)30-19-8-11-23(34-2)24(13-19)35-16-20-15-31-12-4-3-5-25(31)29-20/h3-15H,16H2,1-2H3,(H,30,33). The maximum absolute atomic E-state index is 13.2. The van der Waals surface area contributed by atoms with Gasteiger partial charge in [0.25, 0.3) is 5.91 Å². The van der Waals surface area contributed by atoms with Crippen LogP contribution in [0.3, 0.4) is 0 Å². The Morgan fingerprint density at radius 3 is 2.69 bits per heavy atom. The minimum atomic E-state index is -0.338. The van der Waals surface area contributed by atoms with Crippen molar-refractivity contribution in [3.63, 3.8) is 0 Å². The van der Waals surface area contributed by atoms with Crippen LogP contribution in [0.1, 0.15) is 21.7 Å². The SMILES string of the molecule is COc1ccc(NC(=O)c2cnn(-c3ccc(F)cc3)c2C)cc1OCc1cn2ccccc2n1. The van der Waals surface area contributed by atoms with Gasteiger partial charge in [0, 0.05) is 24.1 Å². The molecule has 9 heteroatoms. The monoisotopic (exact) mass is 471 g/mol. The molecule has 0 aliphatic rings. The van der Waals surface area contributed by atoms with E-state index in [9.17, 15) is 9.18 Å². The van der Waals surface area contributed by atoms with Gasteiger partial charge >= 0.3 is 0 Å². The molecular weight excluding hydrogens is 449 g/mol. The Bertz CT molecular complexity index is 1470. The van der Waals surface area contributed by atoms with Gasteiger partial charge in [0.15, 0.2) is 11.5 Å². The molecule has 3 heterocycles. The quantitative estimate of drug-likeness (QED) is 0.369. The highest BCUT2D eigenvalue weighted by atomic mass is 19.1. The zero-order valence-electron chi connectivity index (χ0n) is 19.1. The molecule has 0 bridgehead atoms. The fourth-order valence-electron chi connectivity index (χ4n) is 3.75. The Morgan fingerprint density at radius 2 is 1.91 bits per heavy atom. The van der Waals surface area contributed by atoms with E-state index < -0.39 is 0 Å². The molecule has 0 radical (unpaired) electrons. The zero-order chi connectivity index (χ0) is 24.4. The maximum Gasteiger partial charge on any atom is 0.259 e. The maximum atomic E-state index is 13.2. The second kappa shape index (κ2) is 9.30. The van der Waals surface area contributed by atoms with Gasteiger partial charge in [0.2, 0.25) is 0 Å². The number of carbonyl (C=O) groups is 1. The molecule has 35 heavy (non-hydrogen) atoms. The molecule has 0 spiro atoms. The highest BCUT2D eigenvalue weighted by molar-refractivity contribution is 6.05. The van der Waals surface area contributed by atoms with Crippen LogP contribution in [0.2, 0.25) is 0 Å². The largest absolute Gasteiger partial charge is 0.493 e. The number of aromatic nitrogens is 4. The topological polar surface area (TPSA) is 82.7 Å². The zero-order valence-corrected chi connectivity index (χ0v) is 19.1. The minimum absolute atomic E-state index is 0.235. The summed E-state index contributed by atoms with van der Waals surface area (Å²) in [5.74, 6) is 0.343. The van der Waals surface area contributed by atoms with Gasteiger partial charge in [-0.3, -0.25) is 4.79 Å². The molecule has 0 saturated heterocycles. The Labute approximate surface area is 200 Å². The number of ether oxygens (including phenoxy) is 2. The summed E-state index contributed by atoms with van der Waals surface area (Å²) in [6.45, 7) is 2.02. The van der Waals surface area contributed by atoms with Crippen LogP contribution in [0.25, 0.3) is 11.3 Å². The minimum Gasteiger partial charge on any atom is -0.493 e. The third-order valence-electron chi connectivity index (χ3n) is 5.54. The molecule has 1 N–H and O–H groups in total. The van der Waals surface area contributed by atoms with Crippen molar-refractivity contribution in [2.24, 2.45) is 0 Å². The van der Waals surface area contributed by atoms with E-state index >= 15 is 0 Å². The second-order valence-corrected chi connectivity index (χ2v) is 7.84. The van der Waals surface area contributed by atoms with Gasteiger partial charge in [-0.25, -0.2) is 14.1 Å². The van der Waals surface area contributed by atoms with Crippen molar-refractivity contribution in [2.45, 2.75) is 13.5 Å². The number of anilines is 1. The van der Waals surface area contributed by atoms with Crippen molar-refractivity contribution >= 4 is 17.2 Å². The number of hydrogen-bond donors (Lipinski definition) is 1. The van der Waals surface area contributed by atoms with Crippen LogP contribution < -0.4 is 14.8 Å². The van der Waals surface area contributed by atoms with E-state index in [4.69, 9.17) is 9.47 Å². The third kappa shape index (κ3) is 4.56. The number of methoxy groups -OCH3 is 1. The van der Waals surface area contributed by atoms with E-state index in [-0.39, 0.29) is 18.3 Å². The number of hydrogen-bond acceptors (Lipinski definition) is 5. The summed E-state index contributed by atoms with van der Waals surface area (Å²) >= 11 is 0. The number of rotatable bonds is 7. The number of fused-ring (bicyclic) bond motifs is 1. The lowest BCUT2D eigenvalue weighted by Gasteiger charge is -2.12. The van der Waals surface area contributed by atoms with Crippen molar-refractivity contribution in [3.8, 4) is 17.2 Å². The molecule has 1 amide bonds. The van der Waals surface area contributed by atoms with Gasteiger partial charge < -0.3 is 19.2 Å². The number of pyridine rings is 1. The molecule has 0 aliphatic heterocycles. The molecule has 8 nitrogen and oxygen atoms in total. The number of amides is 1. The van der Waals surface area contributed by atoms with Gasteiger partial charge in [-0.2, -0.15) is 5.10 Å². The third-order valence-corrected chi connectivity index (χ3v) is 5.54. The van der Waals surface area contributed by atoms with Crippen molar-refractivity contribution in [2.75, 3.05) is 12.4 Å². The average molecular weight is 471 g/mol. The smallest absolute Gasteiger partial charge is 0.259 e. The predicted molar refractivity (Wildman–Crippen MR) is 129 cm³/mol. The van der Waals surface area contributed by atoms with Crippen molar-refractivity contribution in [3.05, 3.63) is 102 Å². The van der Waals surface area contributed by atoms with Crippen molar-refractivity contribution < 1.29 is 18.7 Å². The first-order chi connectivity index (χ1) is 17.0. The number of carbonyl (C=O) groups excluding carboxylic acids is 1. The van der Waals surface area contributed by atoms with Gasteiger partial charge in [0.1, 0.15) is 18.1 Å². The highest BCUT2D eigenvalue weighted by Crippen LogP contribution is 2.31. The van der Waals surface area contributed by atoms with Crippen molar-refractivity contribution in [1.82, 2.24) is 19.2 Å². The molecule has 2 aromatic carbocycles. The Hall–Kier alpha value is -4.66. The molecular formula is C26H22FN5O3. The van der Waals surface area contributed by atoms with Gasteiger partial charge in [-0.05, 0) is 55.5 Å². The highest BCUT2D eigenvalue weighted by Gasteiger charge is 2.17. The summed E-state index contributed by atoms with van der Waals surface area (Å²) in [4.78, 5) is 17.5. The van der Waals surface area contributed by atoms with Crippen LogP contribution >= 0.6 is 0 Å². The lowest BCUT2D eigenvalue weighted by atomic mass is 10.2. The van der Waals surface area contributed by atoms with Crippen LogP contribution in [0.5, 0.6) is 11.5 Å². The first-order valence-corrected chi connectivity index (χ1v) is 10.9. The van der Waals surface area contributed by atoms with E-state index in [1.807, 2.05) is 35.0 Å². The van der Waals surface area contributed by atoms with E-state index in [0.29, 0.717) is 34.1 Å². The molecule has 0 unspecified atom stereocenters. The molecule has 3 aromatic heterocycles. The summed E-state index contributed by atoms with van der Waals surface area (Å²) < 4.78 is 28.1. The van der Waals surface area contributed by atoms with E-state index in [1.165, 1.54) is 18.3 Å². The Kier molecular flexibility index (Phi) is 5.88. The summed E-state index contributed by atoms with van der Waals surface area (Å²) in [5.41, 5.74) is 3.82. The molecule has 0 fully saturated rings. The predicted octanol–water partition coefficient (Wildman–Crippen LogP) is 4.81. The molecule has 0 atom stereocenters. The first-order valence-electron chi connectivity index (χ1n) is 10.9. The fraction of sp³-hybridized carbons (Fsp3) is 0.115. The normalized spacial score (nSPS) is 10.9. The lowest BCUT2D eigenvalue weighted by molar-refractivity contribution is 0.102. The molecule has 0 saturated carbocycles. The average Bonchev–Trinajstić information content (AvgIpc) is 3.46. The van der Waals surface area contributed by atoms with Crippen LogP contribution in [-0.2, 0) is 6.61 Å². The molecule has 5 aromatic rings. The van der Waals surface area contributed by atoms with Crippen molar-refractivity contribution in [1.29, 1.82) is 0 Å². The number of benzene rings is 2. The van der Waals surface area contributed by atoms with E-state index in [1.54, 1.807) is 49.0 Å². The second-order valence-electron chi connectivity index (χ2n) is 7.84. The first kappa shape index (κ1) is 22.1. The Morgan fingerprint density at radius 1 is 1.09 bits per heavy atom. The summed E-state index contributed by atoms with van der Waals surface area (Å²) in [7, 11) is 1.55. The van der Waals surface area contributed by atoms with Crippen LogP contribution in [0.4, 0.5) is 10.1 Å². The van der Waals surface area contributed by atoms with Crippen LogP contribution in [-0.4, -0.2) is 32.2 Å². The fourth-order valence-corrected chi connectivity index (χ4v) is 3.75. The molecule has 0 aliphatic carbocycles. The lowest BCUT2D eigenvalue weighted by Crippen LogP contribution is -2.13. The number of nitrogens with zero attached hydrogens (tertiary/aromatic N) is 4. The number of halogens is 1. The molecule has 176 valence electrons.